The van der Waals surface area contributed by atoms with Gasteiger partial charge in [0.15, 0.2) is 5.82 Å². The number of rotatable bonds is 3. The van der Waals surface area contributed by atoms with Crippen molar-refractivity contribution in [2.45, 2.75) is 6.42 Å². The molecule has 3 rings (SSSR count). The van der Waals surface area contributed by atoms with Gasteiger partial charge >= 0.3 is 0 Å². The third-order valence-corrected chi connectivity index (χ3v) is 4.02. The number of anilines is 2. The van der Waals surface area contributed by atoms with E-state index in [9.17, 15) is 4.79 Å². The van der Waals surface area contributed by atoms with E-state index >= 15 is 0 Å². The van der Waals surface area contributed by atoms with E-state index in [4.69, 9.17) is 0 Å². The standard InChI is InChI=1S/C16H20N4O/c1-19-8-7-17-15(16(19)21)18-10-12-9-13-5-3-4-6-14(13)20(2)11-12/h3-8,12H,9-11H2,1-2H3,(H,17,18). The van der Waals surface area contributed by atoms with Gasteiger partial charge < -0.3 is 14.8 Å². The minimum Gasteiger partial charge on any atom is -0.374 e. The van der Waals surface area contributed by atoms with Crippen LogP contribution in [0, 0.1) is 5.92 Å². The van der Waals surface area contributed by atoms with E-state index in [1.54, 1.807) is 19.4 Å². The molecule has 1 aliphatic heterocycles. The van der Waals surface area contributed by atoms with Gasteiger partial charge in [0.1, 0.15) is 0 Å². The summed E-state index contributed by atoms with van der Waals surface area (Å²) in [4.78, 5) is 18.3. The molecule has 2 heterocycles. The number of para-hydroxylation sites is 1. The SMILES string of the molecule is CN1CC(CNc2nccn(C)c2=O)Cc2ccccc21. The number of aromatic nitrogens is 2. The van der Waals surface area contributed by atoms with Gasteiger partial charge in [-0.1, -0.05) is 18.2 Å². The van der Waals surface area contributed by atoms with Crippen LogP contribution in [0.4, 0.5) is 11.5 Å². The van der Waals surface area contributed by atoms with Crippen molar-refractivity contribution in [3.63, 3.8) is 0 Å². The highest BCUT2D eigenvalue weighted by Gasteiger charge is 2.21. The Bertz CT molecular complexity index is 695. The predicted molar refractivity (Wildman–Crippen MR) is 84.9 cm³/mol. The number of nitrogens with one attached hydrogen (secondary N) is 1. The number of hydrogen-bond acceptors (Lipinski definition) is 4. The Balaban J connectivity index is 1.70. The molecule has 0 amide bonds. The van der Waals surface area contributed by atoms with Crippen molar-refractivity contribution in [3.8, 4) is 0 Å². The summed E-state index contributed by atoms with van der Waals surface area (Å²) in [5, 5.41) is 3.20. The smallest absolute Gasteiger partial charge is 0.293 e. The average Bonchev–Trinajstić information content (AvgIpc) is 2.49. The lowest BCUT2D eigenvalue weighted by Gasteiger charge is -2.33. The molecule has 1 N–H and O–H groups in total. The van der Waals surface area contributed by atoms with Crippen LogP contribution in [0.3, 0.4) is 0 Å². The summed E-state index contributed by atoms with van der Waals surface area (Å²) < 4.78 is 1.54. The van der Waals surface area contributed by atoms with Gasteiger partial charge in [0.25, 0.3) is 5.56 Å². The van der Waals surface area contributed by atoms with E-state index in [1.807, 2.05) is 0 Å². The first-order valence-electron chi connectivity index (χ1n) is 7.19. The van der Waals surface area contributed by atoms with E-state index in [2.05, 4.69) is 46.5 Å². The van der Waals surface area contributed by atoms with Crippen molar-refractivity contribution in [2.24, 2.45) is 13.0 Å². The molecule has 0 radical (unpaired) electrons. The van der Waals surface area contributed by atoms with Gasteiger partial charge in [-0.05, 0) is 24.0 Å². The maximum Gasteiger partial charge on any atom is 0.293 e. The van der Waals surface area contributed by atoms with Crippen LogP contribution in [0.5, 0.6) is 0 Å². The highest BCUT2D eigenvalue weighted by Crippen LogP contribution is 2.28. The molecule has 2 aromatic rings. The third-order valence-electron chi connectivity index (χ3n) is 4.02. The normalized spacial score (nSPS) is 17.4. The van der Waals surface area contributed by atoms with Crippen molar-refractivity contribution in [3.05, 3.63) is 52.6 Å². The Hall–Kier alpha value is -2.30. The van der Waals surface area contributed by atoms with Crippen LogP contribution < -0.4 is 15.8 Å². The fourth-order valence-corrected chi connectivity index (χ4v) is 2.91. The van der Waals surface area contributed by atoms with Crippen LogP contribution in [0.1, 0.15) is 5.56 Å². The molecular formula is C16H20N4O. The maximum absolute atomic E-state index is 11.9. The van der Waals surface area contributed by atoms with Gasteiger partial charge in [-0.25, -0.2) is 4.98 Å². The summed E-state index contributed by atoms with van der Waals surface area (Å²) >= 11 is 0. The van der Waals surface area contributed by atoms with Crippen LogP contribution in [0.15, 0.2) is 41.5 Å². The number of fused-ring (bicyclic) bond motifs is 1. The molecule has 0 bridgehead atoms. The fraction of sp³-hybridized carbons (Fsp3) is 0.375. The predicted octanol–water partition coefficient (Wildman–Crippen LogP) is 1.50. The maximum atomic E-state index is 11.9. The lowest BCUT2D eigenvalue weighted by atomic mass is 9.93. The summed E-state index contributed by atoms with van der Waals surface area (Å²) in [5.74, 6) is 0.901. The number of hydrogen-bond donors (Lipinski definition) is 1. The lowest BCUT2D eigenvalue weighted by molar-refractivity contribution is 0.527. The largest absolute Gasteiger partial charge is 0.374 e. The highest BCUT2D eigenvalue weighted by atomic mass is 16.1. The molecule has 1 aromatic heterocycles. The summed E-state index contributed by atoms with van der Waals surface area (Å²) in [6.07, 6.45) is 4.34. The van der Waals surface area contributed by atoms with Crippen LogP contribution in [-0.2, 0) is 13.5 Å². The molecule has 0 saturated carbocycles. The van der Waals surface area contributed by atoms with E-state index in [1.165, 1.54) is 15.8 Å². The second-order valence-corrected chi connectivity index (χ2v) is 5.65. The molecule has 21 heavy (non-hydrogen) atoms. The molecule has 1 aliphatic rings. The molecule has 0 saturated heterocycles. The zero-order valence-electron chi connectivity index (χ0n) is 12.4. The Morgan fingerprint density at radius 3 is 3.00 bits per heavy atom. The molecule has 0 spiro atoms. The van der Waals surface area contributed by atoms with Crippen LogP contribution >= 0.6 is 0 Å². The van der Waals surface area contributed by atoms with E-state index in [0.717, 1.165) is 19.5 Å². The van der Waals surface area contributed by atoms with Gasteiger partial charge in [0.05, 0.1) is 0 Å². The highest BCUT2D eigenvalue weighted by molar-refractivity contribution is 5.55. The molecule has 5 nitrogen and oxygen atoms in total. The monoisotopic (exact) mass is 284 g/mol. The van der Waals surface area contributed by atoms with Crippen molar-refractivity contribution in [1.82, 2.24) is 9.55 Å². The van der Waals surface area contributed by atoms with E-state index in [0.29, 0.717) is 11.7 Å². The molecule has 1 aromatic carbocycles. The summed E-state index contributed by atoms with van der Waals surface area (Å²) in [5.41, 5.74) is 2.59. The number of aryl methyl sites for hydroxylation is 1. The van der Waals surface area contributed by atoms with Crippen molar-refractivity contribution in [1.29, 1.82) is 0 Å². The second kappa shape index (κ2) is 5.60. The van der Waals surface area contributed by atoms with Crippen molar-refractivity contribution >= 4 is 11.5 Å². The minimum atomic E-state index is -0.0814. The summed E-state index contributed by atoms with van der Waals surface area (Å²) in [7, 11) is 3.85. The van der Waals surface area contributed by atoms with Gasteiger partial charge in [0.2, 0.25) is 0 Å². The van der Waals surface area contributed by atoms with E-state index < -0.39 is 0 Å². The van der Waals surface area contributed by atoms with Crippen molar-refractivity contribution < 1.29 is 0 Å². The van der Waals surface area contributed by atoms with Gasteiger partial charge in [-0.3, -0.25) is 4.79 Å². The van der Waals surface area contributed by atoms with Crippen LogP contribution in [0.2, 0.25) is 0 Å². The molecule has 1 unspecified atom stereocenters. The molecular weight excluding hydrogens is 264 g/mol. The van der Waals surface area contributed by atoms with Gasteiger partial charge in [-0.15, -0.1) is 0 Å². The quantitative estimate of drug-likeness (QED) is 0.928. The Kier molecular flexibility index (Phi) is 3.64. The molecule has 0 fully saturated rings. The molecule has 5 heteroatoms. The first-order valence-corrected chi connectivity index (χ1v) is 7.19. The van der Waals surface area contributed by atoms with E-state index in [-0.39, 0.29) is 5.56 Å². The van der Waals surface area contributed by atoms with Crippen LogP contribution in [-0.4, -0.2) is 29.7 Å². The summed E-state index contributed by atoms with van der Waals surface area (Å²) in [6.45, 7) is 1.74. The minimum absolute atomic E-state index is 0.0814. The number of nitrogens with zero attached hydrogens (tertiary/aromatic N) is 3. The fourth-order valence-electron chi connectivity index (χ4n) is 2.91. The lowest BCUT2D eigenvalue weighted by Crippen LogP contribution is -2.36. The van der Waals surface area contributed by atoms with Crippen LogP contribution in [0.25, 0.3) is 0 Å². The topological polar surface area (TPSA) is 50.2 Å². The molecule has 0 aliphatic carbocycles. The first kappa shape index (κ1) is 13.7. The van der Waals surface area contributed by atoms with Crippen molar-refractivity contribution in [2.75, 3.05) is 30.4 Å². The zero-order valence-corrected chi connectivity index (χ0v) is 12.4. The molecule has 1 atom stereocenters. The Morgan fingerprint density at radius 2 is 2.14 bits per heavy atom. The Morgan fingerprint density at radius 1 is 1.33 bits per heavy atom. The Labute approximate surface area is 124 Å². The second-order valence-electron chi connectivity index (χ2n) is 5.65. The molecule has 110 valence electrons. The zero-order chi connectivity index (χ0) is 14.8. The number of benzene rings is 1. The first-order chi connectivity index (χ1) is 10.1. The van der Waals surface area contributed by atoms with Gasteiger partial charge in [0, 0.05) is 45.3 Å². The average molecular weight is 284 g/mol. The van der Waals surface area contributed by atoms with Gasteiger partial charge in [-0.2, -0.15) is 0 Å². The third kappa shape index (κ3) is 2.77. The summed E-state index contributed by atoms with van der Waals surface area (Å²) in [6, 6.07) is 8.49.